The zero-order chi connectivity index (χ0) is 11.8. The summed E-state index contributed by atoms with van der Waals surface area (Å²) in [7, 11) is 0. The zero-order valence-corrected chi connectivity index (χ0v) is 9.59. The number of rotatable bonds is 7. The molecule has 0 spiro atoms. The van der Waals surface area contributed by atoms with Crippen LogP contribution in [0.1, 0.15) is 19.3 Å². The van der Waals surface area contributed by atoms with Gasteiger partial charge in [-0.15, -0.1) is 0 Å². The molecule has 0 fully saturated rings. The van der Waals surface area contributed by atoms with Gasteiger partial charge >= 0.3 is 5.97 Å². The number of halogens is 2. The highest BCUT2D eigenvalue weighted by molar-refractivity contribution is 6.53. The first kappa shape index (κ1) is 14.5. The summed E-state index contributed by atoms with van der Waals surface area (Å²) in [6.45, 7) is 0.418. The Hall–Kier alpha value is -0.520. The van der Waals surface area contributed by atoms with E-state index in [1.54, 1.807) is 0 Å². The van der Waals surface area contributed by atoms with Gasteiger partial charge in [-0.25, -0.2) is 0 Å². The molecule has 0 heterocycles. The number of hydrogen-bond donors (Lipinski definition) is 3. The van der Waals surface area contributed by atoms with E-state index >= 15 is 0 Å². The summed E-state index contributed by atoms with van der Waals surface area (Å²) in [5.41, 5.74) is 5.28. The van der Waals surface area contributed by atoms with Crippen LogP contribution in [-0.4, -0.2) is 34.4 Å². The summed E-state index contributed by atoms with van der Waals surface area (Å²) in [6, 6.07) is -0.838. The Morgan fingerprint density at radius 2 is 1.93 bits per heavy atom. The monoisotopic (exact) mass is 256 g/mol. The van der Waals surface area contributed by atoms with E-state index in [1.165, 1.54) is 0 Å². The number of alkyl halides is 2. The lowest BCUT2D eigenvalue weighted by Crippen LogP contribution is -2.31. The highest BCUT2D eigenvalue weighted by atomic mass is 35.5. The van der Waals surface area contributed by atoms with Gasteiger partial charge in [-0.1, -0.05) is 23.2 Å². The fraction of sp³-hybridized carbons (Fsp3) is 0.750. The minimum absolute atomic E-state index is 0.385. The molecule has 0 aromatic rings. The summed E-state index contributed by atoms with van der Waals surface area (Å²) >= 11 is 10.6. The first-order chi connectivity index (χ1) is 6.95. The van der Waals surface area contributed by atoms with Crippen molar-refractivity contribution in [3.63, 3.8) is 0 Å². The van der Waals surface area contributed by atoms with E-state index in [0.29, 0.717) is 25.8 Å². The number of unbranched alkanes of at least 4 members (excludes halogenated alkanes) is 1. The summed E-state index contributed by atoms with van der Waals surface area (Å²) in [5, 5.41) is 11.0. The van der Waals surface area contributed by atoms with Crippen LogP contribution in [0.5, 0.6) is 0 Å². The summed E-state index contributed by atoms with van der Waals surface area (Å²) in [6.07, 6.45) is 1.66. The zero-order valence-electron chi connectivity index (χ0n) is 8.08. The van der Waals surface area contributed by atoms with Gasteiger partial charge in [-0.05, 0) is 19.3 Å². The van der Waals surface area contributed by atoms with Crippen LogP contribution in [0.4, 0.5) is 0 Å². The van der Waals surface area contributed by atoms with Crippen molar-refractivity contribution in [1.82, 2.24) is 5.32 Å². The van der Waals surface area contributed by atoms with Gasteiger partial charge in [-0.3, -0.25) is 9.59 Å². The number of nitrogens with two attached hydrogens (primary N) is 1. The van der Waals surface area contributed by atoms with Crippen molar-refractivity contribution in [2.75, 3.05) is 6.54 Å². The maximum atomic E-state index is 10.9. The lowest BCUT2D eigenvalue weighted by molar-refractivity contribution is -0.138. The second-order valence-electron chi connectivity index (χ2n) is 3.03. The van der Waals surface area contributed by atoms with Gasteiger partial charge in [0.15, 0.2) is 4.84 Å². The third-order valence-electron chi connectivity index (χ3n) is 1.76. The molecule has 0 aromatic heterocycles. The maximum Gasteiger partial charge on any atom is 0.320 e. The number of carbonyl (C=O) groups is 2. The molecule has 88 valence electrons. The number of carboxylic acid groups (broad SMARTS) is 1. The lowest BCUT2D eigenvalue weighted by atomic mass is 10.1. The molecule has 4 N–H and O–H groups in total. The fourth-order valence-electron chi connectivity index (χ4n) is 0.901. The first-order valence-corrected chi connectivity index (χ1v) is 5.36. The van der Waals surface area contributed by atoms with Gasteiger partial charge in [0.2, 0.25) is 0 Å². The van der Waals surface area contributed by atoms with E-state index in [1.807, 2.05) is 0 Å². The second-order valence-corrected chi connectivity index (χ2v) is 4.13. The molecule has 15 heavy (non-hydrogen) atoms. The van der Waals surface area contributed by atoms with Gasteiger partial charge in [0, 0.05) is 6.54 Å². The minimum atomic E-state index is -1.06. The standard InChI is InChI=1S/C8H14Cl2N2O3/c9-6(10)7(13)12-4-2-1-3-5(11)8(14)15/h5-6H,1-4,11H2,(H,12,13)(H,14,15). The Bertz CT molecular complexity index is 224. The molecule has 0 saturated carbocycles. The van der Waals surface area contributed by atoms with Gasteiger partial charge in [0.1, 0.15) is 6.04 Å². The van der Waals surface area contributed by atoms with Crippen molar-refractivity contribution in [3.8, 4) is 0 Å². The smallest absolute Gasteiger partial charge is 0.320 e. The second kappa shape index (κ2) is 7.73. The van der Waals surface area contributed by atoms with Crippen molar-refractivity contribution < 1.29 is 14.7 Å². The van der Waals surface area contributed by atoms with Gasteiger partial charge < -0.3 is 16.2 Å². The van der Waals surface area contributed by atoms with Crippen LogP contribution in [0.25, 0.3) is 0 Å². The van der Waals surface area contributed by atoms with Crippen LogP contribution in [0, 0.1) is 0 Å². The topological polar surface area (TPSA) is 92.4 Å². The minimum Gasteiger partial charge on any atom is -0.480 e. The molecule has 5 nitrogen and oxygen atoms in total. The van der Waals surface area contributed by atoms with Crippen LogP contribution in [0.2, 0.25) is 0 Å². The first-order valence-electron chi connectivity index (χ1n) is 4.49. The van der Waals surface area contributed by atoms with E-state index in [2.05, 4.69) is 5.32 Å². The number of carboxylic acids is 1. The molecule has 0 aliphatic heterocycles. The quantitative estimate of drug-likeness (QED) is 0.457. The highest BCUT2D eigenvalue weighted by Crippen LogP contribution is 2.01. The van der Waals surface area contributed by atoms with Crippen LogP contribution >= 0.6 is 23.2 Å². The number of hydrogen-bond acceptors (Lipinski definition) is 3. The Balaban J connectivity index is 3.40. The Morgan fingerprint density at radius 1 is 1.33 bits per heavy atom. The van der Waals surface area contributed by atoms with Crippen LogP contribution in [0.15, 0.2) is 0 Å². The highest BCUT2D eigenvalue weighted by Gasteiger charge is 2.11. The molecule has 0 aliphatic carbocycles. The Morgan fingerprint density at radius 3 is 2.40 bits per heavy atom. The van der Waals surface area contributed by atoms with Crippen molar-refractivity contribution in [2.45, 2.75) is 30.1 Å². The molecule has 0 radical (unpaired) electrons. The molecule has 0 aromatic carbocycles. The average molecular weight is 257 g/mol. The van der Waals surface area contributed by atoms with Crippen LogP contribution in [0.3, 0.4) is 0 Å². The number of amides is 1. The van der Waals surface area contributed by atoms with Crippen molar-refractivity contribution in [2.24, 2.45) is 5.73 Å². The SMILES string of the molecule is NC(CCCCNC(=O)C(Cl)Cl)C(=O)O. The van der Waals surface area contributed by atoms with Crippen molar-refractivity contribution >= 4 is 35.1 Å². The molecule has 0 aliphatic rings. The molecule has 7 heteroatoms. The number of aliphatic carboxylic acids is 1. The largest absolute Gasteiger partial charge is 0.480 e. The van der Waals surface area contributed by atoms with E-state index in [-0.39, 0.29) is 0 Å². The molecule has 1 atom stereocenters. The fourth-order valence-corrected chi connectivity index (χ4v) is 1.06. The third-order valence-corrected chi connectivity index (χ3v) is 2.15. The molecule has 0 bridgehead atoms. The summed E-state index contributed by atoms with van der Waals surface area (Å²) < 4.78 is 0. The maximum absolute atomic E-state index is 10.9. The van der Waals surface area contributed by atoms with Crippen LogP contribution < -0.4 is 11.1 Å². The molecular weight excluding hydrogens is 243 g/mol. The van der Waals surface area contributed by atoms with Gasteiger partial charge in [-0.2, -0.15) is 0 Å². The summed E-state index contributed by atoms with van der Waals surface area (Å²) in [4.78, 5) is 20.1. The van der Waals surface area contributed by atoms with Crippen molar-refractivity contribution in [1.29, 1.82) is 0 Å². The number of nitrogens with one attached hydrogen (secondary N) is 1. The van der Waals surface area contributed by atoms with Crippen molar-refractivity contribution in [3.05, 3.63) is 0 Å². The predicted molar refractivity (Wildman–Crippen MR) is 58.0 cm³/mol. The normalized spacial score (nSPS) is 12.5. The van der Waals surface area contributed by atoms with E-state index in [4.69, 9.17) is 34.0 Å². The average Bonchev–Trinajstić information content (AvgIpc) is 2.16. The summed E-state index contributed by atoms with van der Waals surface area (Å²) in [5.74, 6) is -1.46. The number of carbonyl (C=O) groups excluding carboxylic acids is 1. The predicted octanol–water partition coefficient (Wildman–Crippen LogP) is 0.488. The molecule has 0 rings (SSSR count). The lowest BCUT2D eigenvalue weighted by Gasteiger charge is -2.07. The third kappa shape index (κ3) is 7.41. The van der Waals surface area contributed by atoms with E-state index in [0.717, 1.165) is 0 Å². The van der Waals surface area contributed by atoms with Crippen LogP contribution in [-0.2, 0) is 9.59 Å². The molecule has 0 saturated heterocycles. The van der Waals surface area contributed by atoms with E-state index < -0.39 is 22.8 Å². The molecular formula is C8H14Cl2N2O3. The van der Waals surface area contributed by atoms with Gasteiger partial charge in [0.05, 0.1) is 0 Å². The van der Waals surface area contributed by atoms with Gasteiger partial charge in [0.25, 0.3) is 5.91 Å². The Labute approximate surface area is 97.9 Å². The Kier molecular flexibility index (Phi) is 7.46. The molecule has 1 unspecified atom stereocenters. The molecule has 1 amide bonds. The van der Waals surface area contributed by atoms with E-state index in [9.17, 15) is 9.59 Å².